The second-order valence-electron chi connectivity index (χ2n) is 4.18. The number of rotatable bonds is 6. The maximum Gasteiger partial charge on any atom is 0.411 e. The van der Waals surface area contributed by atoms with Gasteiger partial charge in [-0.3, -0.25) is 0 Å². The van der Waals surface area contributed by atoms with Crippen molar-refractivity contribution in [3.8, 4) is 0 Å². The summed E-state index contributed by atoms with van der Waals surface area (Å²) in [7, 11) is 0. The summed E-state index contributed by atoms with van der Waals surface area (Å²) in [5.74, 6) is -0.721. The van der Waals surface area contributed by atoms with Crippen LogP contribution >= 0.6 is 0 Å². The van der Waals surface area contributed by atoms with E-state index in [1.165, 1.54) is 18.2 Å². The molecular formula is C12H14F4O3. The lowest BCUT2D eigenvalue weighted by Crippen LogP contribution is -2.41. The number of alkyl halides is 3. The molecule has 0 saturated heterocycles. The summed E-state index contributed by atoms with van der Waals surface area (Å²) in [5, 5.41) is 18.6. The van der Waals surface area contributed by atoms with E-state index in [2.05, 4.69) is 4.74 Å². The Hall–Kier alpha value is -1.18. The first-order valence-electron chi connectivity index (χ1n) is 5.46. The van der Waals surface area contributed by atoms with Crippen LogP contribution in [-0.4, -0.2) is 42.8 Å². The second kappa shape index (κ2) is 6.31. The monoisotopic (exact) mass is 282 g/mol. The molecular weight excluding hydrogens is 268 g/mol. The molecule has 0 aromatic heterocycles. The molecule has 1 aromatic carbocycles. The molecule has 1 rings (SSSR count). The van der Waals surface area contributed by atoms with E-state index in [1.807, 2.05) is 0 Å². The highest BCUT2D eigenvalue weighted by molar-refractivity contribution is 5.27. The molecule has 1 aromatic rings. The predicted octanol–water partition coefficient (Wildman–Crippen LogP) is 1.63. The number of aliphatic hydroxyl groups excluding tert-OH is 2. The third-order valence-electron chi connectivity index (χ3n) is 2.69. The maximum absolute atomic E-state index is 13.6. The molecule has 19 heavy (non-hydrogen) atoms. The highest BCUT2D eigenvalue weighted by atomic mass is 19.4. The van der Waals surface area contributed by atoms with E-state index in [0.29, 0.717) is 0 Å². The van der Waals surface area contributed by atoms with Crippen LogP contribution in [0.4, 0.5) is 17.6 Å². The molecule has 0 aliphatic rings. The van der Waals surface area contributed by atoms with Gasteiger partial charge in [0.25, 0.3) is 0 Å². The number of halogens is 4. The number of benzene rings is 1. The molecule has 2 N–H and O–H groups in total. The van der Waals surface area contributed by atoms with E-state index >= 15 is 0 Å². The van der Waals surface area contributed by atoms with Gasteiger partial charge in [0.05, 0.1) is 25.2 Å². The van der Waals surface area contributed by atoms with Gasteiger partial charge in [-0.2, -0.15) is 13.2 Å². The first-order chi connectivity index (χ1) is 8.84. The highest BCUT2D eigenvalue weighted by Crippen LogP contribution is 2.27. The largest absolute Gasteiger partial charge is 0.411 e. The van der Waals surface area contributed by atoms with Gasteiger partial charge in [-0.25, -0.2) is 4.39 Å². The van der Waals surface area contributed by atoms with Gasteiger partial charge in [-0.05, 0) is 6.07 Å². The number of aliphatic hydroxyl groups is 2. The van der Waals surface area contributed by atoms with Crippen molar-refractivity contribution in [3.63, 3.8) is 0 Å². The molecule has 0 unspecified atom stereocenters. The van der Waals surface area contributed by atoms with Crippen LogP contribution in [0, 0.1) is 5.82 Å². The minimum atomic E-state index is -4.52. The molecule has 7 heteroatoms. The first-order valence-corrected chi connectivity index (χ1v) is 5.46. The Bertz CT molecular complexity index is 402. The van der Waals surface area contributed by atoms with Crippen molar-refractivity contribution in [2.24, 2.45) is 0 Å². The second-order valence-corrected chi connectivity index (χ2v) is 4.18. The summed E-state index contributed by atoms with van der Waals surface area (Å²) in [6.45, 7) is -3.63. The maximum atomic E-state index is 13.6. The molecule has 3 nitrogen and oxygen atoms in total. The average molecular weight is 282 g/mol. The van der Waals surface area contributed by atoms with Crippen LogP contribution in [-0.2, 0) is 10.2 Å². The summed E-state index contributed by atoms with van der Waals surface area (Å²) in [4.78, 5) is 0. The van der Waals surface area contributed by atoms with Gasteiger partial charge in [-0.15, -0.1) is 0 Å². The lowest BCUT2D eigenvalue weighted by molar-refractivity contribution is -0.180. The van der Waals surface area contributed by atoms with Crippen molar-refractivity contribution in [2.45, 2.75) is 11.6 Å². The third kappa shape index (κ3) is 4.15. The van der Waals surface area contributed by atoms with Crippen LogP contribution in [0.3, 0.4) is 0 Å². The van der Waals surface area contributed by atoms with Crippen LogP contribution < -0.4 is 0 Å². The molecule has 0 saturated carbocycles. The molecule has 0 spiro atoms. The average Bonchev–Trinajstić information content (AvgIpc) is 2.35. The SMILES string of the molecule is OCC(CO)(COCC(F)(F)F)c1ccccc1F. The molecule has 0 fully saturated rings. The minimum Gasteiger partial charge on any atom is -0.395 e. The Balaban J connectivity index is 2.89. The van der Waals surface area contributed by atoms with E-state index < -0.39 is 43.8 Å². The van der Waals surface area contributed by atoms with Gasteiger partial charge >= 0.3 is 6.18 Å². The van der Waals surface area contributed by atoms with Gasteiger partial charge in [0.15, 0.2) is 0 Å². The Morgan fingerprint density at radius 1 is 1.00 bits per heavy atom. The lowest BCUT2D eigenvalue weighted by Gasteiger charge is -2.30. The fourth-order valence-corrected chi connectivity index (χ4v) is 1.64. The van der Waals surface area contributed by atoms with E-state index in [-0.39, 0.29) is 5.56 Å². The zero-order valence-corrected chi connectivity index (χ0v) is 9.95. The Labute approximate surface area is 107 Å². The smallest absolute Gasteiger partial charge is 0.395 e. The van der Waals surface area contributed by atoms with Crippen LogP contribution in [0.2, 0.25) is 0 Å². The Kier molecular flexibility index (Phi) is 5.28. The van der Waals surface area contributed by atoms with E-state index in [0.717, 1.165) is 6.07 Å². The third-order valence-corrected chi connectivity index (χ3v) is 2.69. The number of hydrogen-bond donors (Lipinski definition) is 2. The zero-order chi connectivity index (χ0) is 14.5. The Morgan fingerprint density at radius 3 is 2.05 bits per heavy atom. The van der Waals surface area contributed by atoms with Gasteiger partial charge in [0, 0.05) is 5.56 Å². The first kappa shape index (κ1) is 15.9. The quantitative estimate of drug-likeness (QED) is 0.780. The zero-order valence-electron chi connectivity index (χ0n) is 9.95. The minimum absolute atomic E-state index is 0.0813. The van der Waals surface area contributed by atoms with E-state index in [4.69, 9.17) is 0 Å². The lowest BCUT2D eigenvalue weighted by atomic mass is 9.82. The van der Waals surface area contributed by atoms with Gasteiger partial charge in [0.2, 0.25) is 0 Å². The molecule has 0 aliphatic heterocycles. The molecule has 0 heterocycles. The molecule has 0 amide bonds. The van der Waals surface area contributed by atoms with Crippen molar-refractivity contribution in [1.82, 2.24) is 0 Å². The van der Waals surface area contributed by atoms with E-state index in [9.17, 15) is 27.8 Å². The molecule has 0 atom stereocenters. The van der Waals surface area contributed by atoms with Crippen LogP contribution in [0.25, 0.3) is 0 Å². The molecule has 0 bridgehead atoms. The Morgan fingerprint density at radius 2 is 1.58 bits per heavy atom. The summed E-state index contributed by atoms with van der Waals surface area (Å²) < 4.78 is 54.1. The van der Waals surface area contributed by atoms with Crippen molar-refractivity contribution in [2.75, 3.05) is 26.4 Å². The summed E-state index contributed by atoms with van der Waals surface area (Å²) >= 11 is 0. The normalized spacial score (nSPS) is 12.7. The van der Waals surface area contributed by atoms with Crippen LogP contribution in [0.5, 0.6) is 0 Å². The standard InChI is InChI=1S/C12H14F4O3/c13-10-4-2-1-3-9(10)11(5-17,6-18)7-19-8-12(14,15)16/h1-4,17-18H,5-8H2. The molecule has 0 aliphatic carbocycles. The van der Waals surface area contributed by atoms with Crippen LogP contribution in [0.15, 0.2) is 24.3 Å². The van der Waals surface area contributed by atoms with Crippen molar-refractivity contribution < 1.29 is 32.5 Å². The summed E-state index contributed by atoms with van der Waals surface area (Å²) in [6, 6.07) is 5.25. The molecule has 0 radical (unpaired) electrons. The molecule has 108 valence electrons. The van der Waals surface area contributed by atoms with Gasteiger partial charge in [0.1, 0.15) is 12.4 Å². The van der Waals surface area contributed by atoms with Crippen molar-refractivity contribution >= 4 is 0 Å². The van der Waals surface area contributed by atoms with Gasteiger partial charge < -0.3 is 14.9 Å². The fourth-order valence-electron chi connectivity index (χ4n) is 1.64. The highest BCUT2D eigenvalue weighted by Gasteiger charge is 2.36. The van der Waals surface area contributed by atoms with Crippen molar-refractivity contribution in [3.05, 3.63) is 35.6 Å². The van der Waals surface area contributed by atoms with Crippen molar-refractivity contribution in [1.29, 1.82) is 0 Å². The number of hydrogen-bond acceptors (Lipinski definition) is 3. The summed E-state index contributed by atoms with van der Waals surface area (Å²) in [5.41, 5.74) is -1.68. The van der Waals surface area contributed by atoms with Crippen LogP contribution in [0.1, 0.15) is 5.56 Å². The van der Waals surface area contributed by atoms with E-state index in [1.54, 1.807) is 0 Å². The topological polar surface area (TPSA) is 49.7 Å². The van der Waals surface area contributed by atoms with Gasteiger partial charge in [-0.1, -0.05) is 18.2 Å². The fraction of sp³-hybridized carbons (Fsp3) is 0.500. The predicted molar refractivity (Wildman–Crippen MR) is 59.1 cm³/mol. The summed E-state index contributed by atoms with van der Waals surface area (Å²) in [6.07, 6.45) is -4.52. The number of ether oxygens (including phenoxy) is 1.